The Kier molecular flexibility index (Phi) is 4.65. The predicted molar refractivity (Wildman–Crippen MR) is 67.1 cm³/mol. The summed E-state index contributed by atoms with van der Waals surface area (Å²) in [7, 11) is 0. The molecule has 0 spiro atoms. The number of nitrogens with one attached hydrogen (secondary N) is 1. The molecule has 0 saturated carbocycles. The van der Waals surface area contributed by atoms with E-state index in [1.807, 2.05) is 19.9 Å². The van der Waals surface area contributed by atoms with Gasteiger partial charge in [-0.1, -0.05) is 12.1 Å². The molecule has 1 N–H and O–H groups in total. The summed E-state index contributed by atoms with van der Waals surface area (Å²) in [5.74, 6) is -0.160. The molecule has 1 aromatic rings. The van der Waals surface area contributed by atoms with Crippen LogP contribution in [0, 0.1) is 29.5 Å². The lowest BCUT2D eigenvalue weighted by atomic mass is 9.96. The Bertz CT molecular complexity index is 419. The lowest BCUT2D eigenvalue weighted by molar-refractivity contribution is 0.447. The molecule has 0 unspecified atom stereocenters. The van der Waals surface area contributed by atoms with Gasteiger partial charge in [0.15, 0.2) is 0 Å². The number of nitriles is 1. The van der Waals surface area contributed by atoms with Crippen LogP contribution in [0.5, 0.6) is 0 Å². The van der Waals surface area contributed by atoms with Gasteiger partial charge in [0.2, 0.25) is 0 Å². The molecule has 3 heteroatoms. The van der Waals surface area contributed by atoms with Crippen molar-refractivity contribution in [1.82, 2.24) is 5.32 Å². The van der Waals surface area contributed by atoms with Gasteiger partial charge in [-0.05, 0) is 50.9 Å². The number of aryl methyl sites for hydroxylation is 1. The van der Waals surface area contributed by atoms with Crippen molar-refractivity contribution in [2.75, 3.05) is 13.1 Å². The third-order valence-corrected chi connectivity index (χ3v) is 2.68. The van der Waals surface area contributed by atoms with Gasteiger partial charge in [-0.15, -0.1) is 0 Å². The largest absolute Gasteiger partial charge is 0.315 e. The summed E-state index contributed by atoms with van der Waals surface area (Å²) in [6, 6.07) is 7.42. The summed E-state index contributed by atoms with van der Waals surface area (Å²) in [6.45, 7) is 7.05. The first-order valence-electron chi connectivity index (χ1n) is 5.81. The minimum atomic E-state index is -0.335. The highest BCUT2D eigenvalue weighted by atomic mass is 19.1. The molecule has 1 rings (SSSR count). The van der Waals surface area contributed by atoms with Gasteiger partial charge in [0, 0.05) is 6.54 Å². The van der Waals surface area contributed by atoms with E-state index in [4.69, 9.17) is 5.26 Å². The highest BCUT2D eigenvalue weighted by Gasteiger charge is 2.15. The maximum Gasteiger partial charge on any atom is 0.126 e. The van der Waals surface area contributed by atoms with Crippen LogP contribution in [0.4, 0.5) is 4.39 Å². The number of halogens is 1. The molecule has 0 radical (unpaired) electrons. The third kappa shape index (κ3) is 4.54. The highest BCUT2D eigenvalue weighted by Crippen LogP contribution is 2.11. The first-order valence-corrected chi connectivity index (χ1v) is 5.81. The number of hydrogen-bond donors (Lipinski definition) is 1. The molecule has 1 aromatic carbocycles. The van der Waals surface area contributed by atoms with E-state index in [2.05, 4.69) is 11.4 Å². The van der Waals surface area contributed by atoms with Crippen molar-refractivity contribution in [2.45, 2.75) is 27.2 Å². The van der Waals surface area contributed by atoms with E-state index in [0.29, 0.717) is 12.1 Å². The molecule has 0 saturated heterocycles. The van der Waals surface area contributed by atoms with Crippen LogP contribution in [-0.2, 0) is 6.42 Å². The van der Waals surface area contributed by atoms with Gasteiger partial charge in [0.05, 0.1) is 11.5 Å². The standard InChI is InChI=1S/C14H19FN2/c1-11-8-12(4-5-13(11)15)6-7-17-10-14(2,3)9-16/h4-5,8,17H,6-7,10H2,1-3H3. The molecular weight excluding hydrogens is 215 g/mol. The highest BCUT2D eigenvalue weighted by molar-refractivity contribution is 5.24. The Morgan fingerprint density at radius 1 is 1.41 bits per heavy atom. The van der Waals surface area contributed by atoms with Gasteiger partial charge < -0.3 is 5.32 Å². The van der Waals surface area contributed by atoms with E-state index >= 15 is 0 Å². The van der Waals surface area contributed by atoms with E-state index in [1.54, 1.807) is 13.0 Å². The van der Waals surface area contributed by atoms with Crippen molar-refractivity contribution in [3.8, 4) is 6.07 Å². The van der Waals surface area contributed by atoms with Crippen LogP contribution in [0.2, 0.25) is 0 Å². The molecule has 2 nitrogen and oxygen atoms in total. The molecule has 17 heavy (non-hydrogen) atoms. The van der Waals surface area contributed by atoms with Gasteiger partial charge >= 0.3 is 0 Å². The fourth-order valence-corrected chi connectivity index (χ4v) is 1.54. The second-order valence-corrected chi connectivity index (χ2v) is 5.01. The van der Waals surface area contributed by atoms with E-state index in [9.17, 15) is 4.39 Å². The van der Waals surface area contributed by atoms with Gasteiger partial charge in [-0.2, -0.15) is 5.26 Å². The maximum atomic E-state index is 13.0. The Labute approximate surface area is 102 Å². The van der Waals surface area contributed by atoms with Crippen molar-refractivity contribution >= 4 is 0 Å². The number of nitrogens with zero attached hydrogens (tertiary/aromatic N) is 1. The topological polar surface area (TPSA) is 35.8 Å². The van der Waals surface area contributed by atoms with Gasteiger partial charge in [0.1, 0.15) is 5.82 Å². The summed E-state index contributed by atoms with van der Waals surface area (Å²) < 4.78 is 13.0. The molecule has 0 aliphatic rings. The SMILES string of the molecule is Cc1cc(CCNCC(C)(C)C#N)ccc1F. The summed E-state index contributed by atoms with van der Waals surface area (Å²) in [6.07, 6.45) is 0.850. The molecule has 92 valence electrons. The van der Waals surface area contributed by atoms with Crippen LogP contribution < -0.4 is 5.32 Å². The minimum absolute atomic E-state index is 0.160. The van der Waals surface area contributed by atoms with E-state index < -0.39 is 0 Å². The first-order chi connectivity index (χ1) is 7.94. The van der Waals surface area contributed by atoms with Crippen molar-refractivity contribution in [3.63, 3.8) is 0 Å². The van der Waals surface area contributed by atoms with E-state index in [0.717, 1.165) is 18.5 Å². The number of hydrogen-bond acceptors (Lipinski definition) is 2. The zero-order chi connectivity index (χ0) is 12.9. The van der Waals surface area contributed by atoms with Gasteiger partial charge in [0.25, 0.3) is 0 Å². The van der Waals surface area contributed by atoms with Crippen LogP contribution >= 0.6 is 0 Å². The molecule has 0 bridgehead atoms. The second kappa shape index (κ2) is 5.79. The first kappa shape index (κ1) is 13.7. The Morgan fingerprint density at radius 2 is 2.12 bits per heavy atom. The van der Waals surface area contributed by atoms with Crippen LogP contribution in [0.15, 0.2) is 18.2 Å². The predicted octanol–water partition coefficient (Wildman–Crippen LogP) is 2.82. The number of benzene rings is 1. The monoisotopic (exact) mass is 234 g/mol. The Balaban J connectivity index is 2.37. The summed E-state index contributed by atoms with van der Waals surface area (Å²) in [5, 5.41) is 12.1. The van der Waals surface area contributed by atoms with Crippen molar-refractivity contribution in [3.05, 3.63) is 35.1 Å². The molecule has 0 fully saturated rings. The zero-order valence-corrected chi connectivity index (χ0v) is 10.7. The maximum absolute atomic E-state index is 13.0. The second-order valence-electron chi connectivity index (χ2n) is 5.01. The van der Waals surface area contributed by atoms with Crippen LogP contribution in [0.3, 0.4) is 0 Å². The zero-order valence-electron chi connectivity index (χ0n) is 10.7. The average Bonchev–Trinajstić information content (AvgIpc) is 2.29. The smallest absolute Gasteiger partial charge is 0.126 e. The lowest BCUT2D eigenvalue weighted by Gasteiger charge is -2.15. The van der Waals surface area contributed by atoms with Crippen molar-refractivity contribution < 1.29 is 4.39 Å². The van der Waals surface area contributed by atoms with Gasteiger partial charge in [-0.25, -0.2) is 4.39 Å². The van der Waals surface area contributed by atoms with Crippen LogP contribution in [-0.4, -0.2) is 13.1 Å². The van der Waals surface area contributed by atoms with E-state index in [-0.39, 0.29) is 11.2 Å². The van der Waals surface area contributed by atoms with Gasteiger partial charge in [-0.3, -0.25) is 0 Å². The van der Waals surface area contributed by atoms with Crippen molar-refractivity contribution in [2.24, 2.45) is 5.41 Å². The van der Waals surface area contributed by atoms with Crippen LogP contribution in [0.1, 0.15) is 25.0 Å². The molecule has 0 heterocycles. The molecule has 0 amide bonds. The van der Waals surface area contributed by atoms with E-state index in [1.165, 1.54) is 6.07 Å². The average molecular weight is 234 g/mol. The molecular formula is C14H19FN2. The number of rotatable bonds is 5. The normalized spacial score (nSPS) is 11.2. The van der Waals surface area contributed by atoms with Crippen LogP contribution in [0.25, 0.3) is 0 Å². The molecule has 0 aromatic heterocycles. The summed E-state index contributed by atoms with van der Waals surface area (Å²) >= 11 is 0. The molecule has 0 aliphatic heterocycles. The lowest BCUT2D eigenvalue weighted by Crippen LogP contribution is -2.29. The molecule has 0 atom stereocenters. The Hall–Kier alpha value is -1.40. The summed E-state index contributed by atoms with van der Waals surface area (Å²) in [4.78, 5) is 0. The molecule has 0 aliphatic carbocycles. The summed E-state index contributed by atoms with van der Waals surface area (Å²) in [5.41, 5.74) is 1.46. The fourth-order valence-electron chi connectivity index (χ4n) is 1.54. The Morgan fingerprint density at radius 3 is 2.71 bits per heavy atom. The quantitative estimate of drug-likeness (QED) is 0.795. The fraction of sp³-hybridized carbons (Fsp3) is 0.500. The third-order valence-electron chi connectivity index (χ3n) is 2.68. The minimum Gasteiger partial charge on any atom is -0.315 e. The van der Waals surface area contributed by atoms with Crippen molar-refractivity contribution in [1.29, 1.82) is 5.26 Å².